The molecule has 0 saturated carbocycles. The molecule has 0 saturated heterocycles. The van der Waals surface area contributed by atoms with Crippen LogP contribution in [0.1, 0.15) is 11.1 Å². The number of aromatic nitrogens is 4. The number of hydrogen-bond acceptors (Lipinski definition) is 3. The first kappa shape index (κ1) is 17.0. The quantitative estimate of drug-likeness (QED) is 0.592. The highest BCUT2D eigenvalue weighted by Crippen LogP contribution is 2.15. The lowest BCUT2D eigenvalue weighted by Crippen LogP contribution is -2.15. The van der Waals surface area contributed by atoms with Gasteiger partial charge in [0.1, 0.15) is 11.5 Å². The largest absolute Gasteiger partial charge is 0.336 e. The number of nitrogens with one attached hydrogen (secondary N) is 1. The van der Waals surface area contributed by atoms with Gasteiger partial charge >= 0.3 is 0 Å². The minimum atomic E-state index is -0.268. The second-order valence-electron chi connectivity index (χ2n) is 6.43. The minimum Gasteiger partial charge on any atom is -0.336 e. The van der Waals surface area contributed by atoms with Gasteiger partial charge in [0, 0.05) is 37.1 Å². The molecule has 7 heteroatoms. The molecule has 1 amide bonds. The fraction of sp³-hybridized carbons (Fsp3) is 0.150. The number of halogens is 1. The molecule has 0 atom stereocenters. The summed E-state index contributed by atoms with van der Waals surface area (Å²) in [5.41, 5.74) is 2.66. The van der Waals surface area contributed by atoms with Crippen molar-refractivity contribution in [3.63, 3.8) is 0 Å². The summed E-state index contributed by atoms with van der Waals surface area (Å²) in [4.78, 5) is 16.7. The van der Waals surface area contributed by atoms with Gasteiger partial charge in [-0.15, -0.1) is 0 Å². The number of anilines is 1. The molecule has 0 aliphatic carbocycles. The van der Waals surface area contributed by atoms with E-state index in [0.717, 1.165) is 22.2 Å². The molecule has 0 bridgehead atoms. The second-order valence-corrected chi connectivity index (χ2v) is 6.43. The van der Waals surface area contributed by atoms with Gasteiger partial charge in [-0.3, -0.25) is 9.48 Å². The fourth-order valence-electron chi connectivity index (χ4n) is 2.96. The zero-order valence-electron chi connectivity index (χ0n) is 14.8. The summed E-state index contributed by atoms with van der Waals surface area (Å²) in [5.74, 6) is 0.0605. The van der Waals surface area contributed by atoms with E-state index in [1.54, 1.807) is 35.3 Å². The number of amides is 1. The Bertz CT molecular complexity index is 1100. The van der Waals surface area contributed by atoms with Crippen LogP contribution in [0.25, 0.3) is 11.0 Å². The molecule has 0 unspecified atom stereocenters. The number of nitrogens with zero attached hydrogens (tertiary/aromatic N) is 4. The van der Waals surface area contributed by atoms with Crippen LogP contribution < -0.4 is 5.32 Å². The molecule has 1 aromatic carbocycles. The fourth-order valence-corrected chi connectivity index (χ4v) is 2.96. The highest BCUT2D eigenvalue weighted by atomic mass is 19.1. The molecular weight excluding hydrogens is 345 g/mol. The topological polar surface area (TPSA) is 64.7 Å². The molecule has 6 nitrogen and oxygen atoms in total. The molecular formula is C20H18FN5O. The Morgan fingerprint density at radius 3 is 2.74 bits per heavy atom. The zero-order chi connectivity index (χ0) is 18.8. The van der Waals surface area contributed by atoms with E-state index in [9.17, 15) is 9.18 Å². The number of fused-ring (bicyclic) bond motifs is 1. The number of carbonyl (C=O) groups excluding carboxylic acids is 1. The van der Waals surface area contributed by atoms with Crippen molar-refractivity contribution >= 4 is 22.8 Å². The van der Waals surface area contributed by atoms with Crippen molar-refractivity contribution in [2.24, 2.45) is 7.05 Å². The van der Waals surface area contributed by atoms with E-state index >= 15 is 0 Å². The van der Waals surface area contributed by atoms with Crippen molar-refractivity contribution in [1.82, 2.24) is 19.3 Å². The molecule has 3 aromatic heterocycles. The number of carbonyl (C=O) groups is 1. The summed E-state index contributed by atoms with van der Waals surface area (Å²) in [7, 11) is 1.93. The Morgan fingerprint density at radius 1 is 1.11 bits per heavy atom. The predicted molar refractivity (Wildman–Crippen MR) is 101 cm³/mol. The van der Waals surface area contributed by atoms with Gasteiger partial charge in [0.2, 0.25) is 5.91 Å². The molecule has 0 aliphatic rings. The maximum absolute atomic E-state index is 13.0. The molecule has 1 N–H and O–H groups in total. The lowest BCUT2D eigenvalue weighted by atomic mass is 10.2. The van der Waals surface area contributed by atoms with Gasteiger partial charge in [0.05, 0.1) is 13.0 Å². The maximum atomic E-state index is 13.0. The molecule has 27 heavy (non-hydrogen) atoms. The van der Waals surface area contributed by atoms with Crippen LogP contribution >= 0.6 is 0 Å². The van der Waals surface area contributed by atoms with Gasteiger partial charge in [0.15, 0.2) is 5.82 Å². The van der Waals surface area contributed by atoms with Crippen LogP contribution in [0.4, 0.5) is 10.2 Å². The SMILES string of the molecule is Cn1ccc2cc(CC(=O)Nc3ccn(Cc4ccc(F)cc4)n3)cnc21. The lowest BCUT2D eigenvalue weighted by molar-refractivity contribution is -0.115. The molecule has 0 spiro atoms. The van der Waals surface area contributed by atoms with E-state index in [1.165, 1.54) is 12.1 Å². The summed E-state index contributed by atoms with van der Waals surface area (Å²) < 4.78 is 16.6. The van der Waals surface area contributed by atoms with Gasteiger partial charge in [0.25, 0.3) is 0 Å². The average molecular weight is 363 g/mol. The Hall–Kier alpha value is -3.48. The summed E-state index contributed by atoms with van der Waals surface area (Å²) in [5, 5.41) is 8.14. The highest BCUT2D eigenvalue weighted by molar-refractivity contribution is 5.91. The third kappa shape index (κ3) is 3.87. The van der Waals surface area contributed by atoms with Crippen LogP contribution in [-0.2, 0) is 24.8 Å². The van der Waals surface area contributed by atoms with Crippen LogP contribution in [0.5, 0.6) is 0 Å². The molecule has 0 radical (unpaired) electrons. The van der Waals surface area contributed by atoms with Crippen LogP contribution in [0, 0.1) is 5.82 Å². The minimum absolute atomic E-state index is 0.154. The smallest absolute Gasteiger partial charge is 0.230 e. The van der Waals surface area contributed by atoms with Crippen molar-refractivity contribution < 1.29 is 9.18 Å². The van der Waals surface area contributed by atoms with Gasteiger partial charge in [-0.1, -0.05) is 12.1 Å². The molecule has 4 rings (SSSR count). The Kier molecular flexibility index (Phi) is 4.42. The normalized spacial score (nSPS) is 11.0. The van der Waals surface area contributed by atoms with Crippen molar-refractivity contribution in [2.45, 2.75) is 13.0 Å². The first-order valence-electron chi connectivity index (χ1n) is 8.54. The van der Waals surface area contributed by atoms with Gasteiger partial charge in [-0.05, 0) is 35.4 Å². The van der Waals surface area contributed by atoms with Crippen molar-refractivity contribution in [3.8, 4) is 0 Å². The number of aryl methyl sites for hydroxylation is 1. The summed E-state index contributed by atoms with van der Waals surface area (Å²) in [6, 6.07) is 11.9. The average Bonchev–Trinajstić information content (AvgIpc) is 3.23. The molecule has 0 aliphatic heterocycles. The van der Waals surface area contributed by atoms with E-state index in [0.29, 0.717) is 12.4 Å². The molecule has 0 fully saturated rings. The first-order valence-corrected chi connectivity index (χ1v) is 8.54. The van der Waals surface area contributed by atoms with E-state index in [4.69, 9.17) is 0 Å². The zero-order valence-corrected chi connectivity index (χ0v) is 14.8. The Labute approximate surface area is 155 Å². The van der Waals surface area contributed by atoms with Crippen molar-refractivity contribution in [1.29, 1.82) is 0 Å². The highest BCUT2D eigenvalue weighted by Gasteiger charge is 2.09. The third-order valence-corrected chi connectivity index (χ3v) is 4.29. The molecule has 3 heterocycles. The van der Waals surface area contributed by atoms with Gasteiger partial charge in [-0.2, -0.15) is 5.10 Å². The van der Waals surface area contributed by atoms with Crippen molar-refractivity contribution in [2.75, 3.05) is 5.32 Å². The van der Waals surface area contributed by atoms with E-state index in [1.807, 2.05) is 29.9 Å². The number of pyridine rings is 1. The second kappa shape index (κ2) is 7.03. The lowest BCUT2D eigenvalue weighted by Gasteiger charge is -2.04. The number of benzene rings is 1. The van der Waals surface area contributed by atoms with E-state index in [-0.39, 0.29) is 18.1 Å². The standard InChI is InChI=1S/C20H18FN5O/c1-25-8-6-16-10-15(12-22-20(16)25)11-19(27)23-18-7-9-26(24-18)13-14-2-4-17(21)5-3-14/h2-10,12H,11,13H2,1H3,(H,23,24,27). The van der Waals surface area contributed by atoms with Gasteiger partial charge in [-0.25, -0.2) is 9.37 Å². The van der Waals surface area contributed by atoms with Crippen molar-refractivity contribution in [3.05, 3.63) is 78.0 Å². The van der Waals surface area contributed by atoms with Gasteiger partial charge < -0.3 is 9.88 Å². The van der Waals surface area contributed by atoms with Crippen LogP contribution in [0.15, 0.2) is 61.1 Å². The van der Waals surface area contributed by atoms with Crippen LogP contribution in [-0.4, -0.2) is 25.2 Å². The number of hydrogen-bond donors (Lipinski definition) is 1. The predicted octanol–water partition coefficient (Wildman–Crippen LogP) is 3.14. The van der Waals surface area contributed by atoms with Crippen LogP contribution in [0.2, 0.25) is 0 Å². The van der Waals surface area contributed by atoms with Crippen LogP contribution in [0.3, 0.4) is 0 Å². The Morgan fingerprint density at radius 2 is 1.93 bits per heavy atom. The maximum Gasteiger partial charge on any atom is 0.230 e. The van der Waals surface area contributed by atoms with E-state index in [2.05, 4.69) is 15.4 Å². The summed E-state index contributed by atoms with van der Waals surface area (Å²) >= 11 is 0. The Balaban J connectivity index is 1.39. The summed E-state index contributed by atoms with van der Waals surface area (Å²) in [6.07, 6.45) is 5.66. The monoisotopic (exact) mass is 363 g/mol. The number of rotatable bonds is 5. The first-order chi connectivity index (χ1) is 13.1. The molecule has 4 aromatic rings. The van der Waals surface area contributed by atoms with E-state index < -0.39 is 0 Å². The summed E-state index contributed by atoms with van der Waals surface area (Å²) in [6.45, 7) is 0.505. The third-order valence-electron chi connectivity index (χ3n) is 4.29. The molecule has 136 valence electrons.